The van der Waals surface area contributed by atoms with Gasteiger partial charge in [-0.15, -0.1) is 0 Å². The second-order valence-electron chi connectivity index (χ2n) is 11.5. The maximum Gasteiger partial charge on any atom is 0.471 e. The summed E-state index contributed by atoms with van der Waals surface area (Å²) in [4.78, 5) is 34.1. The summed E-state index contributed by atoms with van der Waals surface area (Å²) >= 11 is 13.7. The first-order valence-corrected chi connectivity index (χ1v) is 16.5. The Labute approximate surface area is 269 Å². The molecule has 2 aromatic rings. The van der Waals surface area contributed by atoms with Crippen LogP contribution in [-0.4, -0.2) is 93.8 Å². The monoisotopic (exact) mass is 678 g/mol. The lowest BCUT2D eigenvalue weighted by Gasteiger charge is -2.41. The summed E-state index contributed by atoms with van der Waals surface area (Å²) in [7, 11) is 0. The number of aryl methyl sites for hydroxylation is 1. The van der Waals surface area contributed by atoms with Crippen LogP contribution < -0.4 is 10.6 Å². The Morgan fingerprint density at radius 3 is 2.45 bits per heavy atom. The second kappa shape index (κ2) is 15.4. The minimum atomic E-state index is -4.89. The summed E-state index contributed by atoms with van der Waals surface area (Å²) in [5.74, 6) is -1.83. The van der Waals surface area contributed by atoms with Gasteiger partial charge in [-0.1, -0.05) is 23.2 Å². The van der Waals surface area contributed by atoms with Crippen molar-refractivity contribution >= 4 is 46.5 Å². The van der Waals surface area contributed by atoms with Crippen LogP contribution in [0.15, 0.2) is 22.9 Å². The number of nitrogens with one attached hydrogen (secondary N) is 2. The number of likely N-dealkylation sites (tertiary alicyclic amines) is 2. The third-order valence-electron chi connectivity index (χ3n) is 8.47. The lowest BCUT2D eigenvalue weighted by atomic mass is 10.00. The van der Waals surface area contributed by atoms with E-state index >= 15 is 0 Å². The van der Waals surface area contributed by atoms with Gasteiger partial charge in [-0.3, -0.25) is 10.1 Å². The fraction of sp³-hybridized carbons (Fsp3) is 0.621. The number of aliphatic hydroxyl groups is 1. The molecule has 1 unspecified atom stereocenters. The Balaban J connectivity index is 1.27. The molecule has 2 fully saturated rings. The number of piperidine rings is 2. The number of halogens is 5. The van der Waals surface area contributed by atoms with E-state index in [9.17, 15) is 27.9 Å². The molecule has 2 aromatic heterocycles. The van der Waals surface area contributed by atoms with Crippen molar-refractivity contribution in [1.82, 2.24) is 30.3 Å². The minimum Gasteiger partial charge on any atom is -0.374 e. The van der Waals surface area contributed by atoms with Crippen molar-refractivity contribution in [3.63, 3.8) is 0 Å². The fourth-order valence-electron chi connectivity index (χ4n) is 5.90. The number of thiophene rings is 1. The van der Waals surface area contributed by atoms with Crippen LogP contribution in [0.2, 0.25) is 10.3 Å². The molecule has 0 radical (unpaired) electrons. The van der Waals surface area contributed by atoms with E-state index < -0.39 is 18.3 Å². The molecular weight excluding hydrogens is 640 g/mol. The first kappa shape index (κ1) is 34.7. The zero-order valence-electron chi connectivity index (χ0n) is 24.7. The van der Waals surface area contributed by atoms with Gasteiger partial charge in [0.05, 0.1) is 0 Å². The lowest BCUT2D eigenvalue weighted by Crippen LogP contribution is -2.55. The number of rotatable bonds is 10. The van der Waals surface area contributed by atoms with Crippen LogP contribution in [0.5, 0.6) is 0 Å². The first-order valence-electron chi connectivity index (χ1n) is 14.8. The number of urea groups is 1. The van der Waals surface area contributed by atoms with Gasteiger partial charge in [-0.05, 0) is 86.5 Å². The van der Waals surface area contributed by atoms with Crippen LogP contribution >= 0.6 is 34.5 Å². The van der Waals surface area contributed by atoms with Gasteiger partial charge in [-0.25, -0.2) is 9.78 Å². The Bertz CT molecular complexity index is 1230. The van der Waals surface area contributed by atoms with E-state index in [0.29, 0.717) is 18.7 Å². The molecule has 0 aliphatic carbocycles. The Hall–Kier alpha value is -2.16. The van der Waals surface area contributed by atoms with Crippen LogP contribution in [0.4, 0.5) is 18.0 Å². The van der Waals surface area contributed by atoms with Crippen LogP contribution in [-0.2, 0) is 11.3 Å². The van der Waals surface area contributed by atoms with E-state index in [1.165, 1.54) is 0 Å². The van der Waals surface area contributed by atoms with Crippen molar-refractivity contribution in [3.8, 4) is 0 Å². The van der Waals surface area contributed by atoms with Crippen LogP contribution in [0.25, 0.3) is 0 Å². The molecule has 15 heteroatoms. The molecule has 3 N–H and O–H groups in total. The standard InChI is InChI=1S/C29H39Cl2F3N6O3S/c1-18-15-23(30)37-25(31)24(18)26(41)35-9-3-19(2)38-12-6-22(7-13-38)40(16-20-8-14-44-17-20)28(43)36-21-4-10-39(11-5-21)27(42)29(32,33)34/h8,14-15,17,19,21-22,26,35,41H,3-7,9-13,16H2,1-2H3,(H,36,43)/t19-,26?/m1/s1. The number of hydrogen-bond acceptors (Lipinski definition) is 7. The predicted molar refractivity (Wildman–Crippen MR) is 165 cm³/mol. The maximum absolute atomic E-state index is 13.5. The van der Waals surface area contributed by atoms with Crippen molar-refractivity contribution in [3.05, 3.63) is 49.9 Å². The number of carbonyl (C=O) groups excluding carboxylic acids is 2. The van der Waals surface area contributed by atoms with Gasteiger partial charge in [0.1, 0.15) is 16.5 Å². The van der Waals surface area contributed by atoms with Crippen molar-refractivity contribution in [2.75, 3.05) is 32.7 Å². The number of pyridine rings is 1. The summed E-state index contributed by atoms with van der Waals surface area (Å²) in [5.41, 5.74) is 2.29. The third-order valence-corrected chi connectivity index (χ3v) is 9.68. The molecule has 2 aliphatic rings. The van der Waals surface area contributed by atoms with Crippen LogP contribution in [0.1, 0.15) is 61.9 Å². The van der Waals surface area contributed by atoms with Gasteiger partial charge in [-0.2, -0.15) is 24.5 Å². The normalized spacial score (nSPS) is 18.7. The molecule has 2 aliphatic heterocycles. The number of aromatic nitrogens is 1. The van der Waals surface area contributed by atoms with Crippen molar-refractivity contribution < 1.29 is 27.9 Å². The molecule has 244 valence electrons. The van der Waals surface area contributed by atoms with E-state index in [-0.39, 0.29) is 60.4 Å². The summed E-state index contributed by atoms with van der Waals surface area (Å²) < 4.78 is 38.4. The molecule has 44 heavy (non-hydrogen) atoms. The number of hydrogen-bond donors (Lipinski definition) is 3. The zero-order chi connectivity index (χ0) is 32.0. The molecule has 0 saturated carbocycles. The van der Waals surface area contributed by atoms with Gasteiger partial charge in [0.2, 0.25) is 0 Å². The highest BCUT2D eigenvalue weighted by atomic mass is 35.5. The van der Waals surface area contributed by atoms with Crippen LogP contribution in [0, 0.1) is 6.92 Å². The highest BCUT2D eigenvalue weighted by Gasteiger charge is 2.43. The molecule has 9 nitrogen and oxygen atoms in total. The topological polar surface area (TPSA) is 101 Å². The minimum absolute atomic E-state index is 0.00714. The largest absolute Gasteiger partial charge is 0.471 e. The molecule has 0 bridgehead atoms. The molecule has 2 atom stereocenters. The molecular formula is C29H39Cl2F3N6O3S. The summed E-state index contributed by atoms with van der Waals surface area (Å²) in [6.07, 6.45) is -2.96. The predicted octanol–water partition coefficient (Wildman–Crippen LogP) is 5.35. The highest BCUT2D eigenvalue weighted by molar-refractivity contribution is 7.07. The van der Waals surface area contributed by atoms with Gasteiger partial charge >= 0.3 is 18.1 Å². The van der Waals surface area contributed by atoms with Gasteiger partial charge in [0.15, 0.2) is 0 Å². The highest BCUT2D eigenvalue weighted by Crippen LogP contribution is 2.27. The van der Waals surface area contributed by atoms with E-state index in [0.717, 1.165) is 48.4 Å². The number of aliphatic hydroxyl groups excluding tert-OH is 1. The molecule has 0 spiro atoms. The van der Waals surface area contributed by atoms with E-state index in [1.54, 1.807) is 17.4 Å². The second-order valence-corrected chi connectivity index (χ2v) is 13.0. The van der Waals surface area contributed by atoms with E-state index in [4.69, 9.17) is 23.2 Å². The van der Waals surface area contributed by atoms with Gasteiger partial charge in [0, 0.05) is 56.4 Å². The van der Waals surface area contributed by atoms with E-state index in [2.05, 4.69) is 27.4 Å². The Kier molecular flexibility index (Phi) is 12.2. The number of carbonyl (C=O) groups is 2. The molecule has 4 heterocycles. The molecule has 4 rings (SSSR count). The Morgan fingerprint density at radius 1 is 1.18 bits per heavy atom. The summed E-state index contributed by atoms with van der Waals surface area (Å²) in [5, 5.41) is 21.2. The summed E-state index contributed by atoms with van der Waals surface area (Å²) in [6, 6.07) is 3.36. The third kappa shape index (κ3) is 9.20. The Morgan fingerprint density at radius 2 is 1.86 bits per heavy atom. The average molecular weight is 680 g/mol. The van der Waals surface area contributed by atoms with Crippen molar-refractivity contribution in [1.29, 1.82) is 0 Å². The van der Waals surface area contributed by atoms with Crippen LogP contribution in [0.3, 0.4) is 0 Å². The lowest BCUT2D eigenvalue weighted by molar-refractivity contribution is -0.186. The number of amides is 3. The molecule has 3 amide bonds. The average Bonchev–Trinajstić information content (AvgIpc) is 3.48. The van der Waals surface area contributed by atoms with Gasteiger partial charge < -0.3 is 25.1 Å². The summed E-state index contributed by atoms with van der Waals surface area (Å²) in [6.45, 7) is 6.47. The van der Waals surface area contributed by atoms with Crippen molar-refractivity contribution in [2.45, 2.75) is 83.0 Å². The quantitative estimate of drug-likeness (QED) is 0.232. The number of nitrogens with zero attached hydrogens (tertiary/aromatic N) is 4. The van der Waals surface area contributed by atoms with Crippen molar-refractivity contribution in [2.24, 2.45) is 0 Å². The SMILES string of the molecule is Cc1cc(Cl)nc(Cl)c1C(O)NCC[C@@H](C)N1CCC(N(Cc2ccsc2)C(=O)NC2CCN(C(=O)C(F)(F)F)CC2)CC1. The zero-order valence-corrected chi connectivity index (χ0v) is 27.1. The molecule has 2 saturated heterocycles. The first-order chi connectivity index (χ1) is 20.8. The maximum atomic E-state index is 13.5. The smallest absolute Gasteiger partial charge is 0.374 e. The van der Waals surface area contributed by atoms with E-state index in [1.807, 2.05) is 28.7 Å². The molecule has 0 aromatic carbocycles. The van der Waals surface area contributed by atoms with Gasteiger partial charge in [0.25, 0.3) is 0 Å². The fourth-order valence-corrected chi connectivity index (χ4v) is 7.19. The number of alkyl halides is 3.